The maximum atomic E-state index is 11.9. The van der Waals surface area contributed by atoms with Gasteiger partial charge in [-0.1, -0.05) is 6.07 Å². The van der Waals surface area contributed by atoms with Gasteiger partial charge in [0.25, 0.3) is 0 Å². The Labute approximate surface area is 135 Å². The maximum absolute atomic E-state index is 11.9. The van der Waals surface area contributed by atoms with Crippen LogP contribution in [0.25, 0.3) is 0 Å². The SMILES string of the molecule is CC(C)(C)OC(=O)Nc1ccc2c(c1)C1CCC(C2)N1C(=O)O. The van der Waals surface area contributed by atoms with Crippen LogP contribution in [0.1, 0.15) is 50.8 Å². The zero-order valence-electron chi connectivity index (χ0n) is 13.6. The highest BCUT2D eigenvalue weighted by atomic mass is 16.6. The highest BCUT2D eigenvalue weighted by molar-refractivity contribution is 5.85. The number of hydrogen-bond donors (Lipinski definition) is 2. The fourth-order valence-corrected chi connectivity index (χ4v) is 3.52. The summed E-state index contributed by atoms with van der Waals surface area (Å²) in [6, 6.07) is 5.67. The summed E-state index contributed by atoms with van der Waals surface area (Å²) in [6.07, 6.45) is 1.09. The molecule has 23 heavy (non-hydrogen) atoms. The van der Waals surface area contributed by atoms with Crippen LogP contribution in [0.2, 0.25) is 0 Å². The second kappa shape index (κ2) is 5.44. The van der Waals surface area contributed by atoms with Crippen LogP contribution in [0.15, 0.2) is 18.2 Å². The van der Waals surface area contributed by atoms with Crippen molar-refractivity contribution in [1.29, 1.82) is 0 Å². The molecule has 0 aromatic heterocycles. The number of carbonyl (C=O) groups excluding carboxylic acids is 1. The maximum Gasteiger partial charge on any atom is 0.412 e. The van der Waals surface area contributed by atoms with Crippen LogP contribution in [0.4, 0.5) is 15.3 Å². The average Bonchev–Trinajstić information content (AvgIpc) is 2.74. The van der Waals surface area contributed by atoms with Gasteiger partial charge in [0, 0.05) is 11.7 Å². The molecule has 124 valence electrons. The first-order valence-corrected chi connectivity index (χ1v) is 7.89. The van der Waals surface area contributed by atoms with Crippen molar-refractivity contribution < 1.29 is 19.4 Å². The molecule has 2 heterocycles. The fourth-order valence-electron chi connectivity index (χ4n) is 3.52. The Hall–Kier alpha value is -2.24. The summed E-state index contributed by atoms with van der Waals surface area (Å²) in [6.45, 7) is 5.43. The third-order valence-corrected chi connectivity index (χ3v) is 4.33. The minimum atomic E-state index is -0.867. The molecule has 2 aliphatic rings. The van der Waals surface area contributed by atoms with Crippen molar-refractivity contribution in [3.8, 4) is 0 Å². The molecule has 1 saturated heterocycles. The third kappa shape index (κ3) is 3.11. The molecule has 2 amide bonds. The number of fused-ring (bicyclic) bond motifs is 4. The predicted octanol–water partition coefficient (Wildman–Crippen LogP) is 3.77. The number of nitrogens with zero attached hydrogens (tertiary/aromatic N) is 1. The molecule has 6 heteroatoms. The first-order chi connectivity index (χ1) is 10.7. The Morgan fingerprint density at radius 1 is 1.30 bits per heavy atom. The standard InChI is InChI=1S/C17H22N2O4/c1-17(2,3)23-15(20)18-11-5-4-10-8-12-6-7-14(13(10)9-11)19(12)16(21)22/h4-5,9,12,14H,6-8H2,1-3H3,(H,18,20)(H,21,22). The van der Waals surface area contributed by atoms with Gasteiger partial charge >= 0.3 is 12.2 Å². The topological polar surface area (TPSA) is 78.9 Å². The molecule has 0 spiro atoms. The molecule has 2 N–H and O–H groups in total. The van der Waals surface area contributed by atoms with E-state index in [1.165, 1.54) is 5.56 Å². The number of rotatable bonds is 1. The second-order valence-corrected chi connectivity index (χ2v) is 7.18. The fraction of sp³-hybridized carbons (Fsp3) is 0.529. The number of nitrogens with one attached hydrogen (secondary N) is 1. The highest BCUT2D eigenvalue weighted by Gasteiger charge is 2.42. The zero-order chi connectivity index (χ0) is 16.8. The molecule has 2 atom stereocenters. The Balaban J connectivity index is 1.82. The van der Waals surface area contributed by atoms with Crippen LogP contribution in [0.3, 0.4) is 0 Å². The molecule has 2 aliphatic heterocycles. The van der Waals surface area contributed by atoms with Crippen molar-refractivity contribution in [2.75, 3.05) is 5.32 Å². The number of amides is 2. The van der Waals surface area contributed by atoms with E-state index in [0.717, 1.165) is 24.8 Å². The van der Waals surface area contributed by atoms with Crippen LogP contribution >= 0.6 is 0 Å². The van der Waals surface area contributed by atoms with Gasteiger partial charge in [-0.3, -0.25) is 10.2 Å². The number of carboxylic acid groups (broad SMARTS) is 1. The van der Waals surface area contributed by atoms with Gasteiger partial charge in [0.05, 0.1) is 6.04 Å². The lowest BCUT2D eigenvalue weighted by molar-refractivity contribution is 0.0635. The van der Waals surface area contributed by atoms with Crippen LogP contribution in [-0.4, -0.2) is 33.8 Å². The van der Waals surface area contributed by atoms with Gasteiger partial charge in [-0.2, -0.15) is 0 Å². The molecule has 0 saturated carbocycles. The predicted molar refractivity (Wildman–Crippen MR) is 85.6 cm³/mol. The van der Waals surface area contributed by atoms with Crippen molar-refractivity contribution in [2.24, 2.45) is 0 Å². The summed E-state index contributed by atoms with van der Waals surface area (Å²) in [4.78, 5) is 24.9. The van der Waals surface area contributed by atoms with Gasteiger partial charge in [-0.25, -0.2) is 9.59 Å². The Bertz CT molecular complexity index is 650. The summed E-state index contributed by atoms with van der Waals surface area (Å²) in [5, 5.41) is 12.1. The molecule has 1 aromatic rings. The Morgan fingerprint density at radius 2 is 2.04 bits per heavy atom. The monoisotopic (exact) mass is 318 g/mol. The quantitative estimate of drug-likeness (QED) is 0.826. The smallest absolute Gasteiger partial charge is 0.412 e. The lowest BCUT2D eigenvalue weighted by Crippen LogP contribution is -2.41. The highest BCUT2D eigenvalue weighted by Crippen LogP contribution is 2.44. The van der Waals surface area contributed by atoms with Crippen LogP contribution in [0, 0.1) is 0 Å². The van der Waals surface area contributed by atoms with Crippen LogP contribution in [0.5, 0.6) is 0 Å². The first kappa shape index (κ1) is 15.6. The average molecular weight is 318 g/mol. The molecule has 1 aromatic carbocycles. The van der Waals surface area contributed by atoms with Gasteiger partial charge < -0.3 is 9.84 Å². The van der Waals surface area contributed by atoms with Crippen molar-refractivity contribution in [3.63, 3.8) is 0 Å². The third-order valence-electron chi connectivity index (χ3n) is 4.33. The van der Waals surface area contributed by atoms with Gasteiger partial charge in [-0.05, 0) is 63.3 Å². The lowest BCUT2D eigenvalue weighted by Gasteiger charge is -2.34. The van der Waals surface area contributed by atoms with E-state index in [0.29, 0.717) is 5.69 Å². The molecule has 2 unspecified atom stereocenters. The number of ether oxygens (including phenoxy) is 1. The van der Waals surface area contributed by atoms with Crippen LogP contribution < -0.4 is 5.32 Å². The van der Waals surface area contributed by atoms with E-state index in [1.807, 2.05) is 39.0 Å². The van der Waals surface area contributed by atoms with Crippen molar-refractivity contribution in [2.45, 2.75) is 57.7 Å². The lowest BCUT2D eigenvalue weighted by atomic mass is 9.93. The summed E-state index contributed by atoms with van der Waals surface area (Å²) < 4.78 is 5.25. The molecule has 2 bridgehead atoms. The number of hydrogen-bond acceptors (Lipinski definition) is 3. The molecular formula is C17H22N2O4. The molecule has 0 radical (unpaired) electrons. The normalized spacial score (nSPS) is 22.5. The summed E-state index contributed by atoms with van der Waals surface area (Å²) in [5.41, 5.74) is 2.24. The molecule has 3 rings (SSSR count). The van der Waals surface area contributed by atoms with E-state index in [1.54, 1.807) is 4.90 Å². The summed E-state index contributed by atoms with van der Waals surface area (Å²) in [7, 11) is 0. The second-order valence-electron chi connectivity index (χ2n) is 7.18. The van der Waals surface area contributed by atoms with Gasteiger partial charge in [-0.15, -0.1) is 0 Å². The first-order valence-electron chi connectivity index (χ1n) is 7.89. The van der Waals surface area contributed by atoms with Crippen molar-refractivity contribution >= 4 is 17.9 Å². The number of anilines is 1. The summed E-state index contributed by atoms with van der Waals surface area (Å²) in [5.74, 6) is 0. The summed E-state index contributed by atoms with van der Waals surface area (Å²) >= 11 is 0. The number of benzene rings is 1. The zero-order valence-corrected chi connectivity index (χ0v) is 13.6. The molecule has 1 fully saturated rings. The molecule has 6 nitrogen and oxygen atoms in total. The van der Waals surface area contributed by atoms with Gasteiger partial charge in [0.1, 0.15) is 5.60 Å². The van der Waals surface area contributed by atoms with E-state index in [2.05, 4.69) is 5.32 Å². The van der Waals surface area contributed by atoms with E-state index in [9.17, 15) is 14.7 Å². The number of carbonyl (C=O) groups is 2. The Morgan fingerprint density at radius 3 is 2.70 bits per heavy atom. The van der Waals surface area contributed by atoms with E-state index < -0.39 is 17.8 Å². The Kier molecular flexibility index (Phi) is 3.70. The van der Waals surface area contributed by atoms with E-state index >= 15 is 0 Å². The van der Waals surface area contributed by atoms with Gasteiger partial charge in [0.2, 0.25) is 0 Å². The minimum Gasteiger partial charge on any atom is -0.465 e. The van der Waals surface area contributed by atoms with Gasteiger partial charge in [0.15, 0.2) is 0 Å². The van der Waals surface area contributed by atoms with Crippen LogP contribution in [-0.2, 0) is 11.2 Å². The van der Waals surface area contributed by atoms with E-state index in [-0.39, 0.29) is 12.1 Å². The van der Waals surface area contributed by atoms with E-state index in [4.69, 9.17) is 4.74 Å². The van der Waals surface area contributed by atoms with Crippen molar-refractivity contribution in [1.82, 2.24) is 4.90 Å². The minimum absolute atomic E-state index is 0.0784. The largest absolute Gasteiger partial charge is 0.465 e. The molecular weight excluding hydrogens is 296 g/mol. The van der Waals surface area contributed by atoms with Crippen molar-refractivity contribution in [3.05, 3.63) is 29.3 Å². The molecule has 0 aliphatic carbocycles.